The Kier molecular flexibility index (Phi) is 5.49. The maximum absolute atomic E-state index is 12.4. The van der Waals surface area contributed by atoms with Gasteiger partial charge >= 0.3 is 12.0 Å². The van der Waals surface area contributed by atoms with Crippen molar-refractivity contribution in [3.63, 3.8) is 0 Å². The second-order valence-corrected chi connectivity index (χ2v) is 5.89. The van der Waals surface area contributed by atoms with E-state index in [1.807, 2.05) is 72.8 Å². The topological polar surface area (TPSA) is 67.4 Å². The Balaban J connectivity index is 1.74. The molecule has 0 aromatic heterocycles. The van der Waals surface area contributed by atoms with Gasteiger partial charge in [0.25, 0.3) is 0 Å². The van der Waals surface area contributed by atoms with Gasteiger partial charge < -0.3 is 15.4 Å². The van der Waals surface area contributed by atoms with E-state index < -0.39 is 18.0 Å². The molecule has 0 fully saturated rings. The molecule has 0 aliphatic carbocycles. The van der Waals surface area contributed by atoms with Crippen molar-refractivity contribution < 1.29 is 14.3 Å². The van der Waals surface area contributed by atoms with Gasteiger partial charge in [0.05, 0.1) is 12.8 Å². The van der Waals surface area contributed by atoms with E-state index in [0.717, 1.165) is 16.3 Å². The monoisotopic (exact) mass is 348 g/mol. The molecule has 2 amide bonds. The van der Waals surface area contributed by atoms with Crippen LogP contribution >= 0.6 is 0 Å². The lowest BCUT2D eigenvalue weighted by Gasteiger charge is -2.17. The predicted molar refractivity (Wildman–Crippen MR) is 102 cm³/mol. The van der Waals surface area contributed by atoms with E-state index in [0.29, 0.717) is 12.1 Å². The van der Waals surface area contributed by atoms with Crippen molar-refractivity contribution in [1.29, 1.82) is 0 Å². The molecule has 132 valence electrons. The smallest absolute Gasteiger partial charge is 0.328 e. The van der Waals surface area contributed by atoms with Crippen LogP contribution in [0.3, 0.4) is 0 Å². The third kappa shape index (κ3) is 4.19. The SMILES string of the molecule is COC(=O)C(Cc1ccccc1)NC(=O)Nc1cccc2ccccc12. The number of esters is 1. The molecule has 2 N–H and O–H groups in total. The minimum absolute atomic E-state index is 0.358. The number of urea groups is 1. The summed E-state index contributed by atoms with van der Waals surface area (Å²) >= 11 is 0. The molecule has 0 saturated heterocycles. The second kappa shape index (κ2) is 8.16. The van der Waals surface area contributed by atoms with Crippen molar-refractivity contribution in [3.05, 3.63) is 78.4 Å². The van der Waals surface area contributed by atoms with Crippen LogP contribution in [0.2, 0.25) is 0 Å². The van der Waals surface area contributed by atoms with Crippen LogP contribution in [-0.2, 0) is 16.0 Å². The van der Waals surface area contributed by atoms with Crippen LogP contribution in [0.5, 0.6) is 0 Å². The Morgan fingerprint density at radius 2 is 1.62 bits per heavy atom. The molecule has 26 heavy (non-hydrogen) atoms. The van der Waals surface area contributed by atoms with E-state index in [9.17, 15) is 9.59 Å². The first-order chi connectivity index (χ1) is 12.7. The number of carbonyl (C=O) groups is 2. The zero-order valence-electron chi connectivity index (χ0n) is 14.4. The lowest BCUT2D eigenvalue weighted by molar-refractivity contribution is -0.142. The minimum atomic E-state index is -0.766. The second-order valence-electron chi connectivity index (χ2n) is 5.89. The third-order valence-corrected chi connectivity index (χ3v) is 4.11. The number of hydrogen-bond acceptors (Lipinski definition) is 3. The molecule has 0 aliphatic heterocycles. The van der Waals surface area contributed by atoms with Crippen LogP contribution in [-0.4, -0.2) is 25.2 Å². The first-order valence-corrected chi connectivity index (χ1v) is 8.34. The lowest BCUT2D eigenvalue weighted by Crippen LogP contribution is -2.45. The highest BCUT2D eigenvalue weighted by Gasteiger charge is 2.22. The van der Waals surface area contributed by atoms with Gasteiger partial charge in [0.2, 0.25) is 0 Å². The molecule has 3 rings (SSSR count). The van der Waals surface area contributed by atoms with E-state index in [4.69, 9.17) is 4.74 Å². The molecule has 0 spiro atoms. The van der Waals surface area contributed by atoms with Crippen LogP contribution < -0.4 is 10.6 Å². The quantitative estimate of drug-likeness (QED) is 0.690. The predicted octanol–water partition coefficient (Wildman–Crippen LogP) is 3.75. The summed E-state index contributed by atoms with van der Waals surface area (Å²) in [6, 6.07) is 21.7. The average Bonchev–Trinajstić information content (AvgIpc) is 2.68. The van der Waals surface area contributed by atoms with Gasteiger partial charge in [-0.1, -0.05) is 66.7 Å². The van der Waals surface area contributed by atoms with Crippen LogP contribution in [0.4, 0.5) is 10.5 Å². The summed E-state index contributed by atoms with van der Waals surface area (Å²) in [7, 11) is 1.31. The van der Waals surface area contributed by atoms with Crippen LogP contribution in [0.15, 0.2) is 72.8 Å². The first-order valence-electron chi connectivity index (χ1n) is 8.34. The highest BCUT2D eigenvalue weighted by atomic mass is 16.5. The van der Waals surface area contributed by atoms with Gasteiger partial charge in [-0.05, 0) is 17.0 Å². The number of hydrogen-bond donors (Lipinski definition) is 2. The Hall–Kier alpha value is -3.34. The Labute approximate surface area is 152 Å². The van der Waals surface area contributed by atoms with E-state index >= 15 is 0 Å². The molecule has 0 saturated carbocycles. The largest absolute Gasteiger partial charge is 0.467 e. The van der Waals surface area contributed by atoms with Crippen LogP contribution in [0, 0.1) is 0 Å². The molecule has 1 atom stereocenters. The van der Waals surface area contributed by atoms with Gasteiger partial charge in [-0.3, -0.25) is 0 Å². The molecule has 0 heterocycles. The lowest BCUT2D eigenvalue weighted by atomic mass is 10.1. The number of ether oxygens (including phenoxy) is 1. The number of benzene rings is 3. The molecule has 0 radical (unpaired) electrons. The van der Waals surface area contributed by atoms with Gasteiger partial charge in [-0.15, -0.1) is 0 Å². The highest BCUT2D eigenvalue weighted by Crippen LogP contribution is 2.22. The van der Waals surface area contributed by atoms with Gasteiger partial charge in [0.15, 0.2) is 0 Å². The fourth-order valence-electron chi connectivity index (χ4n) is 2.84. The standard InChI is InChI=1S/C21H20N2O3/c1-26-20(24)19(14-15-8-3-2-4-9-15)23-21(25)22-18-13-7-11-16-10-5-6-12-17(16)18/h2-13,19H,14H2,1H3,(H2,22,23,25). The fraction of sp³-hybridized carbons (Fsp3) is 0.143. The fourth-order valence-corrected chi connectivity index (χ4v) is 2.84. The van der Waals surface area contributed by atoms with Crippen LogP contribution in [0.1, 0.15) is 5.56 Å². The summed E-state index contributed by atoms with van der Waals surface area (Å²) < 4.78 is 4.82. The molecular weight excluding hydrogens is 328 g/mol. The van der Waals surface area contributed by atoms with Gasteiger partial charge in [-0.2, -0.15) is 0 Å². The summed E-state index contributed by atoms with van der Waals surface area (Å²) in [5.41, 5.74) is 1.62. The minimum Gasteiger partial charge on any atom is -0.467 e. The van der Waals surface area contributed by atoms with Crippen molar-refractivity contribution >= 4 is 28.5 Å². The number of rotatable bonds is 5. The van der Waals surface area contributed by atoms with Crippen molar-refractivity contribution in [2.24, 2.45) is 0 Å². The summed E-state index contributed by atoms with van der Waals surface area (Å²) in [5.74, 6) is -0.484. The molecule has 3 aromatic rings. The maximum Gasteiger partial charge on any atom is 0.328 e. The Bertz CT molecular complexity index is 904. The molecular formula is C21H20N2O3. The van der Waals surface area contributed by atoms with E-state index in [1.165, 1.54) is 7.11 Å². The number of methoxy groups -OCH3 is 1. The van der Waals surface area contributed by atoms with Crippen molar-refractivity contribution in [3.8, 4) is 0 Å². The van der Waals surface area contributed by atoms with Crippen molar-refractivity contribution in [2.75, 3.05) is 12.4 Å². The molecule has 3 aromatic carbocycles. The molecule has 1 unspecified atom stereocenters. The molecule has 5 heteroatoms. The summed E-state index contributed by atoms with van der Waals surface area (Å²) in [6.45, 7) is 0. The Morgan fingerprint density at radius 3 is 2.38 bits per heavy atom. The number of fused-ring (bicyclic) bond motifs is 1. The number of anilines is 1. The van der Waals surface area contributed by atoms with Crippen LogP contribution in [0.25, 0.3) is 10.8 Å². The van der Waals surface area contributed by atoms with E-state index in [-0.39, 0.29) is 0 Å². The zero-order chi connectivity index (χ0) is 18.4. The summed E-state index contributed by atoms with van der Waals surface area (Å²) in [6.07, 6.45) is 0.358. The number of nitrogens with one attached hydrogen (secondary N) is 2. The van der Waals surface area contributed by atoms with Gasteiger partial charge in [0.1, 0.15) is 6.04 Å². The molecule has 0 bridgehead atoms. The summed E-state index contributed by atoms with van der Waals surface area (Å²) in [5, 5.41) is 7.49. The van der Waals surface area contributed by atoms with Gasteiger partial charge in [0, 0.05) is 11.8 Å². The first kappa shape index (κ1) is 17.5. The highest BCUT2D eigenvalue weighted by molar-refractivity contribution is 6.02. The zero-order valence-corrected chi connectivity index (χ0v) is 14.4. The third-order valence-electron chi connectivity index (χ3n) is 4.11. The number of carbonyl (C=O) groups excluding carboxylic acids is 2. The number of amides is 2. The molecule has 5 nitrogen and oxygen atoms in total. The average molecular weight is 348 g/mol. The molecule has 0 aliphatic rings. The maximum atomic E-state index is 12.4. The van der Waals surface area contributed by atoms with Crippen molar-refractivity contribution in [1.82, 2.24) is 5.32 Å². The van der Waals surface area contributed by atoms with E-state index in [1.54, 1.807) is 0 Å². The Morgan fingerprint density at radius 1 is 0.923 bits per heavy atom. The van der Waals surface area contributed by atoms with E-state index in [2.05, 4.69) is 10.6 Å². The van der Waals surface area contributed by atoms with Gasteiger partial charge in [-0.25, -0.2) is 9.59 Å². The summed E-state index contributed by atoms with van der Waals surface area (Å²) in [4.78, 5) is 24.5. The normalized spacial score (nSPS) is 11.6. The van der Waals surface area contributed by atoms with Crippen molar-refractivity contribution in [2.45, 2.75) is 12.5 Å².